The molecule has 1 N–H and O–H groups in total. The first-order valence-electron chi connectivity index (χ1n) is 10.3. The van der Waals surface area contributed by atoms with Crippen molar-refractivity contribution in [1.29, 1.82) is 0 Å². The summed E-state index contributed by atoms with van der Waals surface area (Å²) in [6.07, 6.45) is 4.31. The minimum Gasteiger partial charge on any atom is -0.486 e. The molecule has 1 atom stereocenters. The van der Waals surface area contributed by atoms with E-state index in [2.05, 4.69) is 55.6 Å². The van der Waals surface area contributed by atoms with Crippen molar-refractivity contribution in [2.45, 2.75) is 52.2 Å². The largest absolute Gasteiger partial charge is 0.486 e. The van der Waals surface area contributed by atoms with E-state index in [1.807, 2.05) is 6.07 Å². The maximum atomic E-state index is 12.6. The SMILES string of the molecule is CCC(NC(=O)c1ccc(COc2ccc3c(c2)CCC3)o1)c1ccc(C)cc1. The molecule has 1 amide bonds. The Morgan fingerprint density at radius 1 is 1.07 bits per heavy atom. The number of rotatable bonds is 7. The average molecular weight is 389 g/mol. The van der Waals surface area contributed by atoms with Crippen LogP contribution in [0.1, 0.15) is 64.4 Å². The fourth-order valence-corrected chi connectivity index (χ4v) is 3.82. The third-order valence-corrected chi connectivity index (χ3v) is 5.53. The van der Waals surface area contributed by atoms with Crippen LogP contribution in [0.5, 0.6) is 5.75 Å². The second kappa shape index (κ2) is 8.56. The van der Waals surface area contributed by atoms with E-state index in [0.29, 0.717) is 18.1 Å². The van der Waals surface area contributed by atoms with Crippen LogP contribution in [0.15, 0.2) is 59.0 Å². The van der Waals surface area contributed by atoms with Crippen molar-refractivity contribution in [1.82, 2.24) is 5.32 Å². The van der Waals surface area contributed by atoms with E-state index in [-0.39, 0.29) is 11.9 Å². The summed E-state index contributed by atoms with van der Waals surface area (Å²) >= 11 is 0. The standard InChI is InChI=1S/C25H27NO3/c1-3-23(19-9-7-17(2)8-10-19)26-25(27)24-14-13-22(29-24)16-28-21-12-11-18-5-4-6-20(18)15-21/h7-15,23H,3-6,16H2,1-2H3,(H,26,27). The molecule has 1 aliphatic rings. The van der Waals surface area contributed by atoms with E-state index >= 15 is 0 Å². The molecule has 4 heteroatoms. The molecule has 1 heterocycles. The summed E-state index contributed by atoms with van der Waals surface area (Å²) in [6, 6.07) is 18.0. The van der Waals surface area contributed by atoms with Gasteiger partial charge in [0.05, 0.1) is 6.04 Å². The lowest BCUT2D eigenvalue weighted by Gasteiger charge is -2.17. The molecule has 0 spiro atoms. The van der Waals surface area contributed by atoms with Crippen LogP contribution < -0.4 is 10.1 Å². The summed E-state index contributed by atoms with van der Waals surface area (Å²) in [5, 5.41) is 3.06. The summed E-state index contributed by atoms with van der Waals surface area (Å²) in [4.78, 5) is 12.6. The van der Waals surface area contributed by atoms with Gasteiger partial charge in [-0.1, -0.05) is 42.8 Å². The van der Waals surface area contributed by atoms with Crippen molar-refractivity contribution in [3.05, 3.63) is 88.4 Å². The average Bonchev–Trinajstić information content (AvgIpc) is 3.40. The predicted molar refractivity (Wildman–Crippen MR) is 113 cm³/mol. The van der Waals surface area contributed by atoms with Gasteiger partial charge in [-0.2, -0.15) is 0 Å². The number of fused-ring (bicyclic) bond motifs is 1. The maximum Gasteiger partial charge on any atom is 0.287 e. The Kier molecular flexibility index (Phi) is 5.70. The quantitative estimate of drug-likeness (QED) is 0.577. The fraction of sp³-hybridized carbons (Fsp3) is 0.320. The first kappa shape index (κ1) is 19.3. The van der Waals surface area contributed by atoms with Crippen LogP contribution in [0.2, 0.25) is 0 Å². The molecular weight excluding hydrogens is 362 g/mol. The Hall–Kier alpha value is -3.01. The first-order valence-corrected chi connectivity index (χ1v) is 10.3. The number of ether oxygens (including phenoxy) is 1. The topological polar surface area (TPSA) is 51.5 Å². The maximum absolute atomic E-state index is 12.6. The molecule has 0 saturated carbocycles. The molecule has 3 aromatic rings. The fourth-order valence-electron chi connectivity index (χ4n) is 3.82. The number of amides is 1. The van der Waals surface area contributed by atoms with Gasteiger partial charge in [0, 0.05) is 0 Å². The van der Waals surface area contributed by atoms with Gasteiger partial charge in [-0.15, -0.1) is 0 Å². The van der Waals surface area contributed by atoms with Crippen LogP contribution in [0.4, 0.5) is 0 Å². The van der Waals surface area contributed by atoms with Gasteiger partial charge in [-0.3, -0.25) is 4.79 Å². The van der Waals surface area contributed by atoms with Gasteiger partial charge >= 0.3 is 0 Å². The molecule has 0 fully saturated rings. The van der Waals surface area contributed by atoms with E-state index in [0.717, 1.165) is 30.6 Å². The Balaban J connectivity index is 1.36. The zero-order chi connectivity index (χ0) is 20.2. The zero-order valence-electron chi connectivity index (χ0n) is 17.0. The van der Waals surface area contributed by atoms with E-state index in [9.17, 15) is 4.79 Å². The van der Waals surface area contributed by atoms with Gasteiger partial charge in [0.2, 0.25) is 0 Å². The predicted octanol–water partition coefficient (Wildman–Crippen LogP) is 5.54. The van der Waals surface area contributed by atoms with Gasteiger partial charge < -0.3 is 14.5 Å². The number of furan rings is 1. The molecule has 4 rings (SSSR count). The molecule has 0 radical (unpaired) electrons. The van der Waals surface area contributed by atoms with Crippen molar-refractivity contribution in [3.63, 3.8) is 0 Å². The lowest BCUT2D eigenvalue weighted by Crippen LogP contribution is -2.27. The number of carbonyl (C=O) groups excluding carboxylic acids is 1. The number of carbonyl (C=O) groups is 1. The van der Waals surface area contributed by atoms with E-state index in [1.54, 1.807) is 12.1 Å². The minimum atomic E-state index is -0.207. The molecule has 29 heavy (non-hydrogen) atoms. The Bertz CT molecular complexity index is 988. The summed E-state index contributed by atoms with van der Waals surface area (Å²) in [6.45, 7) is 4.42. The van der Waals surface area contributed by atoms with Crippen molar-refractivity contribution >= 4 is 5.91 Å². The summed E-state index contributed by atoms with van der Waals surface area (Å²) in [5.74, 6) is 1.59. The second-order valence-corrected chi connectivity index (χ2v) is 7.68. The zero-order valence-corrected chi connectivity index (χ0v) is 17.0. The van der Waals surface area contributed by atoms with Crippen LogP contribution in [-0.4, -0.2) is 5.91 Å². The van der Waals surface area contributed by atoms with Crippen LogP contribution in [0.3, 0.4) is 0 Å². The van der Waals surface area contributed by atoms with Crippen molar-refractivity contribution < 1.29 is 13.9 Å². The van der Waals surface area contributed by atoms with Crippen LogP contribution in [-0.2, 0) is 19.4 Å². The van der Waals surface area contributed by atoms with Crippen LogP contribution in [0.25, 0.3) is 0 Å². The normalized spacial score (nSPS) is 13.7. The molecule has 150 valence electrons. The van der Waals surface area contributed by atoms with Gasteiger partial charge in [-0.25, -0.2) is 0 Å². The second-order valence-electron chi connectivity index (χ2n) is 7.68. The van der Waals surface area contributed by atoms with E-state index in [4.69, 9.17) is 9.15 Å². The minimum absolute atomic E-state index is 0.0423. The molecule has 0 saturated heterocycles. The molecule has 2 aromatic carbocycles. The Morgan fingerprint density at radius 3 is 2.66 bits per heavy atom. The number of benzene rings is 2. The van der Waals surface area contributed by atoms with Crippen LogP contribution >= 0.6 is 0 Å². The number of nitrogens with one attached hydrogen (secondary N) is 1. The smallest absolute Gasteiger partial charge is 0.287 e. The third kappa shape index (κ3) is 4.53. The van der Waals surface area contributed by atoms with E-state index < -0.39 is 0 Å². The summed E-state index contributed by atoms with van der Waals surface area (Å²) < 4.78 is 11.6. The molecule has 4 nitrogen and oxygen atoms in total. The van der Waals surface area contributed by atoms with Gasteiger partial charge in [0.25, 0.3) is 5.91 Å². The lowest BCUT2D eigenvalue weighted by molar-refractivity contribution is 0.0903. The highest BCUT2D eigenvalue weighted by Crippen LogP contribution is 2.26. The number of hydrogen-bond donors (Lipinski definition) is 1. The number of hydrogen-bond acceptors (Lipinski definition) is 3. The molecule has 1 aromatic heterocycles. The Labute approximate surface area is 171 Å². The third-order valence-electron chi connectivity index (χ3n) is 5.53. The first-order chi connectivity index (χ1) is 14.1. The molecule has 1 unspecified atom stereocenters. The summed E-state index contributed by atoms with van der Waals surface area (Å²) in [7, 11) is 0. The lowest BCUT2D eigenvalue weighted by atomic mass is 10.0. The summed E-state index contributed by atoms with van der Waals surface area (Å²) in [5.41, 5.74) is 5.10. The Morgan fingerprint density at radius 2 is 1.86 bits per heavy atom. The van der Waals surface area contributed by atoms with Crippen LogP contribution in [0, 0.1) is 6.92 Å². The van der Waals surface area contributed by atoms with Gasteiger partial charge in [-0.05, 0) is 73.6 Å². The van der Waals surface area contributed by atoms with Crippen molar-refractivity contribution in [2.75, 3.05) is 0 Å². The highest BCUT2D eigenvalue weighted by atomic mass is 16.5. The van der Waals surface area contributed by atoms with Crippen molar-refractivity contribution in [2.24, 2.45) is 0 Å². The molecule has 0 bridgehead atoms. The van der Waals surface area contributed by atoms with Gasteiger partial charge in [0.15, 0.2) is 5.76 Å². The highest BCUT2D eigenvalue weighted by molar-refractivity contribution is 5.91. The monoisotopic (exact) mass is 389 g/mol. The molecular formula is C25H27NO3. The highest BCUT2D eigenvalue weighted by Gasteiger charge is 2.17. The van der Waals surface area contributed by atoms with E-state index in [1.165, 1.54) is 23.1 Å². The van der Waals surface area contributed by atoms with Gasteiger partial charge in [0.1, 0.15) is 18.1 Å². The van der Waals surface area contributed by atoms with Crippen molar-refractivity contribution in [3.8, 4) is 5.75 Å². The molecule has 1 aliphatic carbocycles. The number of aryl methyl sites for hydroxylation is 3. The molecule has 0 aliphatic heterocycles.